The average Bonchev–Trinajstić information content (AvgIpc) is 3.66. The summed E-state index contributed by atoms with van der Waals surface area (Å²) in [4.78, 5) is 14.7. The number of hydrogen-bond acceptors (Lipinski definition) is 7. The van der Waals surface area contributed by atoms with Crippen molar-refractivity contribution < 1.29 is 17.9 Å². The second kappa shape index (κ2) is 10.5. The van der Waals surface area contributed by atoms with E-state index in [0.717, 1.165) is 54.4 Å². The summed E-state index contributed by atoms with van der Waals surface area (Å²) in [5.41, 5.74) is 2.00. The van der Waals surface area contributed by atoms with Gasteiger partial charge < -0.3 is 14.2 Å². The molecule has 2 aliphatic heterocycles. The summed E-state index contributed by atoms with van der Waals surface area (Å²) in [5, 5.41) is 8.44. The molecule has 0 aliphatic carbocycles. The molecule has 0 bridgehead atoms. The van der Waals surface area contributed by atoms with Crippen LogP contribution in [-0.2, 0) is 17.5 Å². The lowest BCUT2D eigenvalue weighted by Crippen LogP contribution is -2.58. The summed E-state index contributed by atoms with van der Waals surface area (Å²) in [5.74, 6) is 2.40. The van der Waals surface area contributed by atoms with Crippen molar-refractivity contribution in [3.05, 3.63) is 47.5 Å². The zero-order valence-corrected chi connectivity index (χ0v) is 24.1. The van der Waals surface area contributed by atoms with Crippen LogP contribution in [0.25, 0.3) is 16.9 Å². The lowest BCUT2D eigenvalue weighted by Gasteiger charge is -2.49. The first kappa shape index (κ1) is 27.9. The molecule has 0 spiro atoms. The Labute approximate surface area is 237 Å². The standard InChI is InChI=1S/C29H37F3N8O/c1-17(2)25(21-8-10-22(11-9-21)29(30,31)32)37-13-19(4)38(14-18(37)3)26-24-27(40-16-33-36-28(40)35-26)39(20(5)34-24)15-23-7-6-12-41-23/h8-11,16-19,23,25H,6-7,12-15H2,1-5H3/t18-,19+,23?,25+/m1/s1. The molecule has 2 aliphatic rings. The summed E-state index contributed by atoms with van der Waals surface area (Å²) < 4.78 is 49.7. The Kier molecular flexibility index (Phi) is 7.17. The van der Waals surface area contributed by atoms with Crippen molar-refractivity contribution in [3.63, 3.8) is 0 Å². The van der Waals surface area contributed by atoms with Crippen molar-refractivity contribution in [2.75, 3.05) is 24.6 Å². The van der Waals surface area contributed by atoms with Crippen molar-refractivity contribution in [1.29, 1.82) is 0 Å². The third-order valence-corrected chi connectivity index (χ3v) is 8.59. The van der Waals surface area contributed by atoms with Crippen molar-refractivity contribution in [3.8, 4) is 0 Å². The van der Waals surface area contributed by atoms with E-state index in [9.17, 15) is 13.2 Å². The van der Waals surface area contributed by atoms with E-state index in [1.54, 1.807) is 18.5 Å². The molecule has 2 saturated heterocycles. The number of aromatic nitrogens is 6. The van der Waals surface area contributed by atoms with Gasteiger partial charge in [0.15, 0.2) is 11.5 Å². The molecule has 4 atom stereocenters. The van der Waals surface area contributed by atoms with Gasteiger partial charge in [0.1, 0.15) is 17.7 Å². The molecule has 2 fully saturated rings. The lowest BCUT2D eigenvalue weighted by atomic mass is 9.90. The van der Waals surface area contributed by atoms with Gasteiger partial charge in [0.25, 0.3) is 5.78 Å². The van der Waals surface area contributed by atoms with Gasteiger partial charge in [0, 0.05) is 37.8 Å². The van der Waals surface area contributed by atoms with Crippen LogP contribution in [-0.4, -0.2) is 71.9 Å². The number of alkyl halides is 3. The normalized spacial score (nSPS) is 23.3. The van der Waals surface area contributed by atoms with E-state index in [1.807, 2.05) is 11.3 Å². The Morgan fingerprint density at radius 2 is 1.80 bits per heavy atom. The Morgan fingerprint density at radius 1 is 1.05 bits per heavy atom. The maximum Gasteiger partial charge on any atom is 0.416 e. The van der Waals surface area contributed by atoms with E-state index >= 15 is 0 Å². The zero-order chi connectivity index (χ0) is 29.1. The molecular formula is C29H37F3N8O. The number of rotatable bonds is 6. The summed E-state index contributed by atoms with van der Waals surface area (Å²) in [7, 11) is 0. The van der Waals surface area contributed by atoms with Crippen LogP contribution in [0.5, 0.6) is 0 Å². The minimum Gasteiger partial charge on any atom is -0.376 e. The van der Waals surface area contributed by atoms with E-state index in [0.29, 0.717) is 18.9 Å². The summed E-state index contributed by atoms with van der Waals surface area (Å²) in [6.07, 6.45) is -0.430. The number of nitrogens with zero attached hydrogens (tertiary/aromatic N) is 8. The number of anilines is 1. The first-order valence-corrected chi connectivity index (χ1v) is 14.4. The highest BCUT2D eigenvalue weighted by atomic mass is 19.4. The van der Waals surface area contributed by atoms with Crippen molar-refractivity contribution in [2.45, 2.75) is 84.4 Å². The second-order valence-corrected chi connectivity index (χ2v) is 11.9. The molecule has 9 nitrogen and oxygen atoms in total. The number of ether oxygens (including phenoxy) is 1. The molecule has 6 rings (SSSR count). The predicted octanol–water partition coefficient (Wildman–Crippen LogP) is 5.28. The van der Waals surface area contributed by atoms with Gasteiger partial charge in [-0.05, 0) is 57.2 Å². The van der Waals surface area contributed by atoms with E-state index in [1.165, 1.54) is 12.1 Å². The predicted molar refractivity (Wildman–Crippen MR) is 150 cm³/mol. The van der Waals surface area contributed by atoms with Crippen LogP contribution in [0.1, 0.15) is 63.5 Å². The molecule has 1 aromatic carbocycles. The molecule has 0 N–H and O–H groups in total. The number of piperazine rings is 1. The van der Waals surface area contributed by atoms with Gasteiger partial charge in [0.05, 0.1) is 18.2 Å². The molecule has 5 heterocycles. The molecular weight excluding hydrogens is 533 g/mol. The average molecular weight is 571 g/mol. The van der Waals surface area contributed by atoms with E-state index < -0.39 is 11.7 Å². The molecule has 12 heteroatoms. The number of aryl methyl sites for hydroxylation is 1. The molecule has 220 valence electrons. The van der Waals surface area contributed by atoms with Gasteiger partial charge in [-0.1, -0.05) is 26.0 Å². The van der Waals surface area contributed by atoms with E-state index in [4.69, 9.17) is 14.7 Å². The minimum absolute atomic E-state index is 0.0169. The van der Waals surface area contributed by atoms with Crippen LogP contribution >= 0.6 is 0 Å². The SMILES string of the molecule is Cc1nc2c(N3C[C@@H](C)N([C@H](c4ccc(C(F)(F)F)cc4)C(C)C)C[C@@H]3C)nc3nncn3c2n1CC1CCCO1. The summed E-state index contributed by atoms with van der Waals surface area (Å²) in [6.45, 7) is 13.5. The fourth-order valence-electron chi connectivity index (χ4n) is 6.63. The maximum absolute atomic E-state index is 13.2. The van der Waals surface area contributed by atoms with Gasteiger partial charge >= 0.3 is 6.18 Å². The van der Waals surface area contributed by atoms with Crippen molar-refractivity contribution in [1.82, 2.24) is 34.0 Å². The van der Waals surface area contributed by atoms with Crippen molar-refractivity contribution >= 4 is 22.8 Å². The Balaban J connectivity index is 1.33. The summed E-state index contributed by atoms with van der Waals surface area (Å²) in [6, 6.07) is 5.82. The largest absolute Gasteiger partial charge is 0.416 e. The molecule has 0 amide bonds. The van der Waals surface area contributed by atoms with Crippen LogP contribution in [0.15, 0.2) is 30.6 Å². The van der Waals surface area contributed by atoms with Gasteiger partial charge in [0.2, 0.25) is 0 Å². The number of fused-ring (bicyclic) bond motifs is 3. The quantitative estimate of drug-likeness (QED) is 0.312. The Bertz CT molecular complexity index is 1520. The zero-order valence-electron chi connectivity index (χ0n) is 24.1. The number of imidazole rings is 1. The number of halogens is 3. The molecule has 1 unspecified atom stereocenters. The highest BCUT2D eigenvalue weighted by Crippen LogP contribution is 2.37. The van der Waals surface area contributed by atoms with Crippen LogP contribution in [0.3, 0.4) is 0 Å². The summed E-state index contributed by atoms with van der Waals surface area (Å²) >= 11 is 0. The van der Waals surface area contributed by atoms with Gasteiger partial charge in [-0.2, -0.15) is 18.2 Å². The Hall–Kier alpha value is -3.25. The first-order chi connectivity index (χ1) is 19.5. The molecule has 4 aromatic rings. The van der Waals surface area contributed by atoms with Gasteiger partial charge in [-0.15, -0.1) is 10.2 Å². The van der Waals surface area contributed by atoms with Gasteiger partial charge in [-0.3, -0.25) is 4.90 Å². The fraction of sp³-hybridized carbons (Fsp3) is 0.586. The van der Waals surface area contributed by atoms with Crippen LogP contribution in [0.2, 0.25) is 0 Å². The first-order valence-electron chi connectivity index (χ1n) is 14.4. The lowest BCUT2D eigenvalue weighted by molar-refractivity contribution is -0.137. The molecule has 0 radical (unpaired) electrons. The van der Waals surface area contributed by atoms with Crippen LogP contribution < -0.4 is 4.90 Å². The van der Waals surface area contributed by atoms with Crippen LogP contribution in [0.4, 0.5) is 19.0 Å². The highest BCUT2D eigenvalue weighted by Gasteiger charge is 2.38. The number of hydrogen-bond donors (Lipinski definition) is 0. The smallest absolute Gasteiger partial charge is 0.376 e. The third kappa shape index (κ3) is 5.05. The van der Waals surface area contributed by atoms with Gasteiger partial charge in [-0.25, -0.2) is 9.38 Å². The monoisotopic (exact) mass is 570 g/mol. The topological polar surface area (TPSA) is 76.6 Å². The van der Waals surface area contributed by atoms with Crippen molar-refractivity contribution in [2.24, 2.45) is 5.92 Å². The second-order valence-electron chi connectivity index (χ2n) is 11.9. The Morgan fingerprint density at radius 3 is 2.46 bits per heavy atom. The maximum atomic E-state index is 13.2. The third-order valence-electron chi connectivity index (χ3n) is 8.59. The van der Waals surface area contributed by atoms with Crippen LogP contribution in [0, 0.1) is 12.8 Å². The van der Waals surface area contributed by atoms with E-state index in [-0.39, 0.29) is 30.1 Å². The molecule has 41 heavy (non-hydrogen) atoms. The highest BCUT2D eigenvalue weighted by molar-refractivity contribution is 5.87. The fourth-order valence-corrected chi connectivity index (χ4v) is 6.63. The molecule has 0 saturated carbocycles. The minimum atomic E-state index is -4.35. The number of benzene rings is 1. The van der Waals surface area contributed by atoms with E-state index in [2.05, 4.69) is 52.3 Å². The molecule has 3 aromatic heterocycles.